The van der Waals surface area contributed by atoms with Crippen LogP contribution in [0, 0.1) is 0 Å². The van der Waals surface area contributed by atoms with Crippen LogP contribution in [0.1, 0.15) is 57.3 Å². The Morgan fingerprint density at radius 2 is 1.57 bits per heavy atom. The van der Waals surface area contributed by atoms with Gasteiger partial charge in [-0.3, -0.25) is 15.0 Å². The van der Waals surface area contributed by atoms with Crippen LogP contribution in [0.3, 0.4) is 0 Å². The van der Waals surface area contributed by atoms with E-state index in [9.17, 15) is 9.59 Å². The van der Waals surface area contributed by atoms with E-state index in [-0.39, 0.29) is 31.9 Å². The average molecular weight is 648 g/mol. The second-order valence-corrected chi connectivity index (χ2v) is 12.1. The number of carbonyl (C=O) groups is 2. The van der Waals surface area contributed by atoms with Crippen molar-refractivity contribution < 1.29 is 38.4 Å². The molecule has 3 aromatic carbocycles. The molecule has 11 heteroatoms. The fourth-order valence-corrected chi connectivity index (χ4v) is 5.12. The molecule has 0 saturated carbocycles. The number of esters is 1. The number of ether oxygens (including phenoxy) is 5. The van der Waals surface area contributed by atoms with Crippen LogP contribution in [0.5, 0.6) is 5.75 Å². The average Bonchev–Trinajstić information content (AvgIpc) is 3.47. The van der Waals surface area contributed by atoms with Gasteiger partial charge in [0.15, 0.2) is 17.9 Å². The highest BCUT2D eigenvalue weighted by Gasteiger charge is 2.53. The van der Waals surface area contributed by atoms with Crippen molar-refractivity contribution in [1.82, 2.24) is 10.9 Å². The summed E-state index contributed by atoms with van der Waals surface area (Å²) in [5.74, 6) is -0.0846. The monoisotopic (exact) mass is 647 g/mol. The molecule has 2 atom stereocenters. The highest BCUT2D eigenvalue weighted by molar-refractivity contribution is 6.01. The lowest BCUT2D eigenvalue weighted by Gasteiger charge is -2.31. The maximum atomic E-state index is 14.2. The molecular formula is C36H45N3O8. The molecule has 0 aromatic heterocycles. The highest BCUT2D eigenvalue weighted by atomic mass is 16.7. The van der Waals surface area contributed by atoms with Gasteiger partial charge in [0.1, 0.15) is 11.4 Å². The van der Waals surface area contributed by atoms with Crippen molar-refractivity contribution in [3.05, 3.63) is 90.0 Å². The predicted octanol–water partition coefficient (Wildman–Crippen LogP) is 4.73. The van der Waals surface area contributed by atoms with Crippen molar-refractivity contribution >= 4 is 17.8 Å². The van der Waals surface area contributed by atoms with E-state index in [0.29, 0.717) is 29.9 Å². The molecule has 0 fully saturated rings. The van der Waals surface area contributed by atoms with E-state index in [1.54, 1.807) is 45.0 Å². The Morgan fingerprint density at radius 1 is 0.936 bits per heavy atom. The van der Waals surface area contributed by atoms with Crippen LogP contribution >= 0.6 is 0 Å². The summed E-state index contributed by atoms with van der Waals surface area (Å²) in [6.07, 6.45) is -1.05. The molecule has 0 aliphatic carbocycles. The van der Waals surface area contributed by atoms with E-state index >= 15 is 0 Å². The van der Waals surface area contributed by atoms with Crippen LogP contribution in [0.2, 0.25) is 0 Å². The molecule has 47 heavy (non-hydrogen) atoms. The Balaban J connectivity index is 1.72. The third kappa shape index (κ3) is 9.61. The fourth-order valence-electron chi connectivity index (χ4n) is 5.12. The molecule has 3 aromatic rings. The summed E-state index contributed by atoms with van der Waals surface area (Å²) in [4.78, 5) is 32.2. The molecule has 1 aliphatic rings. The summed E-state index contributed by atoms with van der Waals surface area (Å²) in [6, 6.07) is 24.9. The normalized spacial score (nSPS) is 17.6. The number of nitrogens with one attached hydrogen (secondary N) is 2. The van der Waals surface area contributed by atoms with Gasteiger partial charge < -0.3 is 28.8 Å². The molecule has 0 bridgehead atoms. The smallest absolute Gasteiger partial charge is 0.306 e. The first kappa shape index (κ1) is 35.6. The fraction of sp³-hybridized carbons (Fsp3) is 0.417. The van der Waals surface area contributed by atoms with Crippen LogP contribution in [0.15, 0.2) is 83.9 Å². The number of rotatable bonds is 16. The summed E-state index contributed by atoms with van der Waals surface area (Å²) in [7, 11) is 3.00. The van der Waals surface area contributed by atoms with Crippen LogP contribution in [-0.4, -0.2) is 74.3 Å². The summed E-state index contributed by atoms with van der Waals surface area (Å²) in [5, 5.41) is 9.07. The van der Waals surface area contributed by atoms with Crippen LogP contribution in [-0.2, 0) is 28.5 Å². The molecule has 0 spiro atoms. The Morgan fingerprint density at radius 3 is 2.19 bits per heavy atom. The van der Waals surface area contributed by atoms with Crippen LogP contribution in [0.4, 0.5) is 0 Å². The first-order valence-corrected chi connectivity index (χ1v) is 15.7. The van der Waals surface area contributed by atoms with E-state index in [2.05, 4.69) is 10.9 Å². The summed E-state index contributed by atoms with van der Waals surface area (Å²) in [5.41, 5.74) is 6.77. The Bertz CT molecular complexity index is 1470. The third-order valence-electron chi connectivity index (χ3n) is 7.48. The standard InChI is InChI=1S/C36H45N3O8/c1-35(2,3)47-30(41)20-21-36(34(42)39-37-24-31(43-4)44-5)32(27-14-12-26(13-15-27)25-10-7-6-8-11-25)46-33(38-36)28-16-18-29(19-17-28)45-23-9-22-40/h6-8,10-19,31-32,37,40H,9,20-24H2,1-5H3,(H,39,42)/t32-,36-/m0/s1. The number of hydrogen-bond acceptors (Lipinski definition) is 10. The van der Waals surface area contributed by atoms with Gasteiger partial charge in [-0.25, -0.2) is 10.4 Å². The number of carbonyl (C=O) groups excluding carboxylic acids is 2. The number of methoxy groups -OCH3 is 2. The zero-order valence-electron chi connectivity index (χ0n) is 27.7. The number of aliphatic hydroxyl groups excluding tert-OH is 1. The van der Waals surface area contributed by atoms with Crippen molar-refractivity contribution in [2.45, 2.75) is 63.6 Å². The minimum absolute atomic E-state index is 0.00433. The molecule has 11 nitrogen and oxygen atoms in total. The second-order valence-electron chi connectivity index (χ2n) is 12.1. The number of aliphatic imine (C=N–C) groups is 1. The van der Waals surface area contributed by atoms with Gasteiger partial charge in [0.2, 0.25) is 5.90 Å². The number of amides is 1. The Kier molecular flexibility index (Phi) is 12.5. The molecule has 3 N–H and O–H groups in total. The summed E-state index contributed by atoms with van der Waals surface area (Å²) in [6.45, 7) is 5.96. The van der Waals surface area contributed by atoms with Crippen molar-refractivity contribution in [2.24, 2.45) is 4.99 Å². The molecule has 1 heterocycles. The minimum Gasteiger partial charge on any atom is -0.494 e. The zero-order valence-corrected chi connectivity index (χ0v) is 27.7. The quantitative estimate of drug-likeness (QED) is 0.0872. The highest BCUT2D eigenvalue weighted by Crippen LogP contribution is 2.43. The third-order valence-corrected chi connectivity index (χ3v) is 7.48. The van der Waals surface area contributed by atoms with Crippen LogP contribution < -0.4 is 15.6 Å². The minimum atomic E-state index is -1.56. The van der Waals surface area contributed by atoms with Crippen molar-refractivity contribution in [3.63, 3.8) is 0 Å². The molecule has 1 amide bonds. The molecule has 4 rings (SSSR count). The summed E-state index contributed by atoms with van der Waals surface area (Å²) < 4.78 is 28.3. The zero-order chi connectivity index (χ0) is 33.9. The van der Waals surface area contributed by atoms with E-state index in [1.807, 2.05) is 54.6 Å². The van der Waals surface area contributed by atoms with Crippen molar-refractivity contribution in [3.8, 4) is 16.9 Å². The molecule has 0 saturated heterocycles. The first-order valence-electron chi connectivity index (χ1n) is 15.7. The van der Waals surface area contributed by atoms with Gasteiger partial charge in [0.05, 0.1) is 13.2 Å². The maximum Gasteiger partial charge on any atom is 0.306 e. The van der Waals surface area contributed by atoms with Crippen molar-refractivity contribution in [2.75, 3.05) is 34.0 Å². The van der Waals surface area contributed by atoms with Gasteiger partial charge in [0, 0.05) is 39.2 Å². The molecule has 0 radical (unpaired) electrons. The van der Waals surface area contributed by atoms with Gasteiger partial charge in [0.25, 0.3) is 5.91 Å². The van der Waals surface area contributed by atoms with Gasteiger partial charge in [-0.05, 0) is 68.1 Å². The lowest BCUT2D eigenvalue weighted by molar-refractivity contribution is -0.155. The number of nitrogens with zero attached hydrogens (tertiary/aromatic N) is 1. The van der Waals surface area contributed by atoms with E-state index in [1.165, 1.54) is 14.2 Å². The lowest BCUT2D eigenvalue weighted by Crippen LogP contribution is -2.54. The maximum absolute atomic E-state index is 14.2. The predicted molar refractivity (Wildman–Crippen MR) is 178 cm³/mol. The van der Waals surface area contributed by atoms with Gasteiger partial charge in [-0.15, -0.1) is 0 Å². The van der Waals surface area contributed by atoms with Crippen molar-refractivity contribution in [1.29, 1.82) is 0 Å². The number of benzene rings is 3. The number of aliphatic hydroxyl groups is 1. The van der Waals surface area contributed by atoms with Gasteiger partial charge >= 0.3 is 5.97 Å². The largest absolute Gasteiger partial charge is 0.494 e. The Labute approximate surface area is 276 Å². The summed E-state index contributed by atoms with van der Waals surface area (Å²) >= 11 is 0. The van der Waals surface area contributed by atoms with E-state index in [4.69, 9.17) is 33.8 Å². The lowest BCUT2D eigenvalue weighted by atomic mass is 9.83. The van der Waals surface area contributed by atoms with Gasteiger partial charge in [-0.2, -0.15) is 0 Å². The first-order chi connectivity index (χ1) is 22.6. The van der Waals surface area contributed by atoms with Gasteiger partial charge in [-0.1, -0.05) is 54.6 Å². The molecular weight excluding hydrogens is 602 g/mol. The molecule has 1 aliphatic heterocycles. The molecule has 0 unspecified atom stereocenters. The van der Waals surface area contributed by atoms with Crippen LogP contribution in [0.25, 0.3) is 11.1 Å². The van der Waals surface area contributed by atoms with E-state index < -0.39 is 35.4 Å². The second kappa shape index (κ2) is 16.5. The topological polar surface area (TPSA) is 137 Å². The molecule has 252 valence electrons. The number of hydrogen-bond donors (Lipinski definition) is 3. The van der Waals surface area contributed by atoms with E-state index in [0.717, 1.165) is 11.1 Å². The Hall–Kier alpha value is -4.29. The number of hydrazine groups is 1. The SMILES string of the molecule is COC(CNNC(=O)[C@@]1(CCC(=O)OC(C)(C)C)N=C(c2ccc(OCCCO)cc2)O[C@H]1c1ccc(-c2ccccc2)cc1)OC.